The van der Waals surface area contributed by atoms with Crippen molar-refractivity contribution in [2.75, 3.05) is 23.9 Å². The van der Waals surface area contributed by atoms with Gasteiger partial charge in [-0.1, -0.05) is 0 Å². The molecule has 0 spiro atoms. The number of pyridine rings is 1. The zero-order valence-corrected chi connectivity index (χ0v) is 11.7. The molecule has 20 heavy (non-hydrogen) atoms. The molecule has 110 valence electrons. The molecular weight excluding hydrogens is 286 g/mol. The minimum atomic E-state index is -3.09. The molecule has 0 saturated carbocycles. The molecule has 0 amide bonds. The third-order valence-electron chi connectivity index (χ3n) is 3.06. The summed E-state index contributed by atoms with van der Waals surface area (Å²) in [6.07, 6.45) is 1.17. The van der Waals surface area contributed by atoms with Crippen molar-refractivity contribution in [1.29, 1.82) is 0 Å². The van der Waals surface area contributed by atoms with E-state index in [1.54, 1.807) is 0 Å². The van der Waals surface area contributed by atoms with E-state index in [0.29, 0.717) is 12.8 Å². The molecule has 1 aliphatic rings. The highest BCUT2D eigenvalue weighted by molar-refractivity contribution is 7.91. The van der Waals surface area contributed by atoms with Crippen molar-refractivity contribution < 1.29 is 18.1 Å². The molecule has 1 unspecified atom stereocenters. The Morgan fingerprint density at radius 2 is 2.25 bits per heavy atom. The van der Waals surface area contributed by atoms with E-state index in [2.05, 4.69) is 10.3 Å². The first-order valence-electron chi connectivity index (χ1n) is 6.07. The number of rotatable bonds is 4. The number of sulfone groups is 1. The van der Waals surface area contributed by atoms with Crippen LogP contribution in [0.15, 0.2) is 12.1 Å². The van der Waals surface area contributed by atoms with E-state index in [1.165, 1.54) is 19.2 Å². The van der Waals surface area contributed by atoms with Gasteiger partial charge in [0.1, 0.15) is 0 Å². The maximum Gasteiger partial charge on any atom is 0.311 e. The number of nitro groups is 1. The first kappa shape index (κ1) is 14.5. The first-order chi connectivity index (χ1) is 9.41. The van der Waals surface area contributed by atoms with E-state index in [-0.39, 0.29) is 34.9 Å². The summed E-state index contributed by atoms with van der Waals surface area (Å²) in [4.78, 5) is 14.4. The van der Waals surface area contributed by atoms with Crippen molar-refractivity contribution in [2.24, 2.45) is 0 Å². The van der Waals surface area contributed by atoms with Crippen LogP contribution in [0.4, 0.5) is 11.5 Å². The molecule has 1 aromatic rings. The molecule has 2 heterocycles. The molecule has 1 fully saturated rings. The molecule has 0 aromatic carbocycles. The zero-order valence-electron chi connectivity index (χ0n) is 10.9. The quantitative estimate of drug-likeness (QED) is 0.651. The highest BCUT2D eigenvalue weighted by Gasteiger charge is 2.27. The van der Waals surface area contributed by atoms with Gasteiger partial charge >= 0.3 is 5.69 Å². The van der Waals surface area contributed by atoms with Crippen molar-refractivity contribution in [3.63, 3.8) is 0 Å². The van der Waals surface area contributed by atoms with Crippen molar-refractivity contribution >= 4 is 21.3 Å². The lowest BCUT2D eigenvalue weighted by atomic mass is 10.2. The zero-order chi connectivity index (χ0) is 14.8. The van der Waals surface area contributed by atoms with Gasteiger partial charge in [-0.3, -0.25) is 10.1 Å². The number of aromatic nitrogens is 1. The van der Waals surface area contributed by atoms with Crippen molar-refractivity contribution in [2.45, 2.75) is 18.9 Å². The van der Waals surface area contributed by atoms with Crippen LogP contribution < -0.4 is 10.1 Å². The Morgan fingerprint density at radius 3 is 2.85 bits per heavy atom. The maximum atomic E-state index is 11.6. The monoisotopic (exact) mass is 301 g/mol. The molecule has 1 atom stereocenters. The summed E-state index contributed by atoms with van der Waals surface area (Å²) in [6, 6.07) is 2.30. The lowest BCUT2D eigenvalue weighted by Gasteiger charge is -2.23. The second-order valence-electron chi connectivity index (χ2n) is 4.58. The summed E-state index contributed by atoms with van der Waals surface area (Å²) in [5.41, 5.74) is -0.200. The van der Waals surface area contributed by atoms with Crippen LogP contribution >= 0.6 is 0 Å². The highest BCUT2D eigenvalue weighted by atomic mass is 32.2. The molecule has 2 rings (SSSR count). The number of hydrogen-bond acceptors (Lipinski definition) is 7. The topological polar surface area (TPSA) is 111 Å². The number of nitrogens with one attached hydrogen (secondary N) is 1. The minimum Gasteiger partial charge on any atom is -0.481 e. The van der Waals surface area contributed by atoms with E-state index in [0.717, 1.165) is 0 Å². The van der Waals surface area contributed by atoms with Gasteiger partial charge in [-0.2, -0.15) is 4.98 Å². The Morgan fingerprint density at radius 1 is 1.50 bits per heavy atom. The lowest BCUT2D eigenvalue weighted by Crippen LogP contribution is -2.35. The summed E-state index contributed by atoms with van der Waals surface area (Å²) < 4.78 is 28.1. The summed E-state index contributed by atoms with van der Waals surface area (Å²) in [6.45, 7) is 0. The predicted molar refractivity (Wildman–Crippen MR) is 72.7 cm³/mol. The van der Waals surface area contributed by atoms with E-state index in [1.807, 2.05) is 0 Å². The molecule has 8 nitrogen and oxygen atoms in total. The van der Waals surface area contributed by atoms with Crippen molar-refractivity contribution in [3.8, 4) is 5.88 Å². The molecule has 1 N–H and O–H groups in total. The molecular formula is C11H15N3O5S. The fourth-order valence-corrected chi connectivity index (χ4v) is 3.77. The highest BCUT2D eigenvalue weighted by Crippen LogP contribution is 2.27. The molecule has 1 aliphatic heterocycles. The second-order valence-corrected chi connectivity index (χ2v) is 6.81. The largest absolute Gasteiger partial charge is 0.481 e. The normalized spacial score (nSPS) is 21.1. The Bertz CT molecular complexity index is 616. The van der Waals surface area contributed by atoms with Gasteiger partial charge in [0.05, 0.1) is 23.5 Å². The van der Waals surface area contributed by atoms with Crippen LogP contribution in [-0.2, 0) is 9.84 Å². The van der Waals surface area contributed by atoms with Crippen LogP contribution in [-0.4, -0.2) is 43.0 Å². The second kappa shape index (κ2) is 5.61. The van der Waals surface area contributed by atoms with E-state index in [9.17, 15) is 18.5 Å². The van der Waals surface area contributed by atoms with Gasteiger partial charge < -0.3 is 10.1 Å². The average Bonchev–Trinajstić information content (AvgIpc) is 2.37. The first-order valence-corrected chi connectivity index (χ1v) is 7.90. The number of anilines is 1. The third-order valence-corrected chi connectivity index (χ3v) is 4.88. The van der Waals surface area contributed by atoms with E-state index < -0.39 is 14.8 Å². The number of ether oxygens (including phenoxy) is 1. The fraction of sp³-hybridized carbons (Fsp3) is 0.545. The number of methoxy groups -OCH3 is 1. The van der Waals surface area contributed by atoms with E-state index >= 15 is 0 Å². The Hall–Kier alpha value is -1.90. The molecule has 1 aromatic heterocycles. The van der Waals surface area contributed by atoms with Gasteiger partial charge in [-0.25, -0.2) is 8.42 Å². The summed E-state index contributed by atoms with van der Waals surface area (Å²) in [7, 11) is -1.69. The van der Waals surface area contributed by atoms with Crippen molar-refractivity contribution in [3.05, 3.63) is 22.2 Å². The Kier molecular flexibility index (Phi) is 4.07. The van der Waals surface area contributed by atoms with Gasteiger partial charge in [0.25, 0.3) is 0 Å². The van der Waals surface area contributed by atoms with Crippen LogP contribution in [0.25, 0.3) is 0 Å². The number of nitrogens with zero attached hydrogens (tertiary/aromatic N) is 2. The van der Waals surface area contributed by atoms with Gasteiger partial charge in [0.15, 0.2) is 9.84 Å². The molecule has 0 aliphatic carbocycles. The average molecular weight is 301 g/mol. The number of hydrogen-bond donors (Lipinski definition) is 1. The predicted octanol–water partition coefficient (Wildman–Crippen LogP) is 0.987. The van der Waals surface area contributed by atoms with Crippen LogP contribution in [0.1, 0.15) is 12.8 Å². The SMILES string of the molecule is COc1ccc([N+](=O)[O-])c(NC2CCCS(=O)(=O)C2)n1. The van der Waals surface area contributed by atoms with Crippen LogP contribution in [0.2, 0.25) is 0 Å². The molecule has 0 radical (unpaired) electrons. The van der Waals surface area contributed by atoms with Gasteiger partial charge in [0, 0.05) is 18.2 Å². The lowest BCUT2D eigenvalue weighted by molar-refractivity contribution is -0.384. The summed E-state index contributed by atoms with van der Waals surface area (Å²) >= 11 is 0. The Balaban J connectivity index is 2.25. The standard InChI is InChI=1S/C11H15N3O5S/c1-19-10-5-4-9(14(15)16)11(13-10)12-8-3-2-6-20(17,18)7-8/h4-5,8H,2-3,6-7H2,1H3,(H,12,13). The van der Waals surface area contributed by atoms with Crippen LogP contribution in [0.3, 0.4) is 0 Å². The summed E-state index contributed by atoms with van der Waals surface area (Å²) in [5, 5.41) is 13.8. The third kappa shape index (κ3) is 3.35. The van der Waals surface area contributed by atoms with Crippen LogP contribution in [0, 0.1) is 10.1 Å². The smallest absolute Gasteiger partial charge is 0.311 e. The van der Waals surface area contributed by atoms with Gasteiger partial charge in [-0.05, 0) is 12.8 Å². The van der Waals surface area contributed by atoms with Gasteiger partial charge in [-0.15, -0.1) is 0 Å². The summed E-state index contributed by atoms with van der Waals surface area (Å²) in [5.74, 6) is 0.398. The molecule has 9 heteroatoms. The minimum absolute atomic E-state index is 0.0384. The molecule has 1 saturated heterocycles. The van der Waals surface area contributed by atoms with Gasteiger partial charge in [0.2, 0.25) is 11.7 Å². The van der Waals surface area contributed by atoms with E-state index in [4.69, 9.17) is 4.74 Å². The fourth-order valence-electron chi connectivity index (χ4n) is 2.13. The van der Waals surface area contributed by atoms with Crippen LogP contribution in [0.5, 0.6) is 5.88 Å². The van der Waals surface area contributed by atoms with Crippen molar-refractivity contribution in [1.82, 2.24) is 4.98 Å². The Labute approximate surface area is 116 Å². The molecule has 0 bridgehead atoms. The maximum absolute atomic E-state index is 11.6.